The van der Waals surface area contributed by atoms with Gasteiger partial charge >= 0.3 is 0 Å². The highest BCUT2D eigenvalue weighted by Gasteiger charge is 1.92. The summed E-state index contributed by atoms with van der Waals surface area (Å²) in [6.45, 7) is 6.03. The van der Waals surface area contributed by atoms with Crippen LogP contribution in [0.25, 0.3) is 0 Å². The first-order valence-corrected chi connectivity index (χ1v) is 9.17. The normalized spacial score (nSPS) is 11.2. The molecule has 0 aromatic rings. The SMILES string of the molecule is C=CCCCCCCCCCCCC=CCCCCC. The second-order valence-electron chi connectivity index (χ2n) is 6.02. The molecule has 0 amide bonds. The summed E-state index contributed by atoms with van der Waals surface area (Å²) in [6.07, 6.45) is 27.5. The highest BCUT2D eigenvalue weighted by Crippen LogP contribution is 2.11. The van der Waals surface area contributed by atoms with Gasteiger partial charge in [0.05, 0.1) is 0 Å². The third-order valence-corrected chi connectivity index (χ3v) is 3.92. The number of rotatable bonds is 16. The predicted octanol–water partition coefficient (Wildman–Crippen LogP) is 7.60. The van der Waals surface area contributed by atoms with Crippen LogP contribution >= 0.6 is 0 Å². The molecule has 0 rings (SSSR count). The third kappa shape index (κ3) is 17.5. The van der Waals surface area contributed by atoms with Crippen LogP contribution in [0.2, 0.25) is 0 Å². The maximum Gasteiger partial charge on any atom is -0.0351 e. The fourth-order valence-electron chi connectivity index (χ4n) is 2.54. The van der Waals surface area contributed by atoms with Gasteiger partial charge in [-0.3, -0.25) is 0 Å². The molecule has 0 bridgehead atoms. The molecule has 0 aromatic carbocycles. The molecule has 0 unspecified atom stereocenters. The maximum atomic E-state index is 3.76. The molecule has 0 heterocycles. The molecule has 0 spiro atoms. The maximum absolute atomic E-state index is 3.76. The van der Waals surface area contributed by atoms with E-state index in [-0.39, 0.29) is 0 Å². The van der Waals surface area contributed by atoms with Gasteiger partial charge < -0.3 is 0 Å². The van der Waals surface area contributed by atoms with Crippen LogP contribution in [0.15, 0.2) is 24.8 Å². The molecule has 0 aliphatic heterocycles. The molecule has 0 nitrogen and oxygen atoms in total. The summed E-state index contributed by atoms with van der Waals surface area (Å²) in [5.74, 6) is 0. The van der Waals surface area contributed by atoms with Crippen molar-refractivity contribution in [3.63, 3.8) is 0 Å². The van der Waals surface area contributed by atoms with Crippen LogP contribution in [-0.4, -0.2) is 0 Å². The van der Waals surface area contributed by atoms with E-state index in [0.717, 1.165) is 0 Å². The largest absolute Gasteiger partial charge is 0.103 e. The second-order valence-corrected chi connectivity index (χ2v) is 6.02. The Morgan fingerprint density at radius 2 is 0.950 bits per heavy atom. The van der Waals surface area contributed by atoms with Crippen LogP contribution in [0.4, 0.5) is 0 Å². The van der Waals surface area contributed by atoms with Gasteiger partial charge in [0.2, 0.25) is 0 Å². The smallest absolute Gasteiger partial charge is 0.0351 e. The van der Waals surface area contributed by atoms with Crippen LogP contribution in [0.1, 0.15) is 103 Å². The lowest BCUT2D eigenvalue weighted by Gasteiger charge is -2.01. The molecular weight excluding hydrogens is 240 g/mol. The summed E-state index contributed by atoms with van der Waals surface area (Å²) in [5.41, 5.74) is 0. The van der Waals surface area contributed by atoms with Crippen LogP contribution in [-0.2, 0) is 0 Å². The van der Waals surface area contributed by atoms with Crippen molar-refractivity contribution in [2.24, 2.45) is 0 Å². The van der Waals surface area contributed by atoms with Gasteiger partial charge in [-0.05, 0) is 38.5 Å². The molecule has 0 fully saturated rings. The molecule has 0 radical (unpaired) electrons. The first-order chi connectivity index (χ1) is 9.91. The molecular formula is C20H38. The summed E-state index contributed by atoms with van der Waals surface area (Å²) < 4.78 is 0. The Balaban J connectivity index is 3.00. The Labute approximate surface area is 128 Å². The van der Waals surface area contributed by atoms with Crippen molar-refractivity contribution in [2.45, 2.75) is 103 Å². The second kappa shape index (κ2) is 18.5. The highest BCUT2D eigenvalue weighted by atomic mass is 14.0. The Kier molecular flexibility index (Phi) is 18.0. The van der Waals surface area contributed by atoms with E-state index in [1.165, 1.54) is 96.3 Å². The van der Waals surface area contributed by atoms with Crippen molar-refractivity contribution in [3.8, 4) is 0 Å². The highest BCUT2D eigenvalue weighted by molar-refractivity contribution is 4.81. The standard InChI is InChI=1S/C20H38/c1-3-5-7-9-11-13-15-17-19-20-18-16-14-12-10-8-6-4-2/h3,12,14H,1,4-11,13,15-20H2,2H3. The van der Waals surface area contributed by atoms with Crippen molar-refractivity contribution in [1.29, 1.82) is 0 Å². The molecule has 0 atom stereocenters. The quantitative estimate of drug-likeness (QED) is 0.201. The van der Waals surface area contributed by atoms with Gasteiger partial charge in [-0.1, -0.05) is 82.9 Å². The molecule has 0 saturated heterocycles. The van der Waals surface area contributed by atoms with E-state index >= 15 is 0 Å². The van der Waals surface area contributed by atoms with Gasteiger partial charge in [0, 0.05) is 0 Å². The molecule has 0 aliphatic rings. The van der Waals surface area contributed by atoms with Gasteiger partial charge in [-0.25, -0.2) is 0 Å². The molecule has 0 aromatic heterocycles. The fourth-order valence-corrected chi connectivity index (χ4v) is 2.54. The van der Waals surface area contributed by atoms with Gasteiger partial charge in [0.15, 0.2) is 0 Å². The Morgan fingerprint density at radius 3 is 1.40 bits per heavy atom. The lowest BCUT2D eigenvalue weighted by molar-refractivity contribution is 0.561. The summed E-state index contributed by atoms with van der Waals surface area (Å²) in [5, 5.41) is 0. The average Bonchev–Trinajstić information content (AvgIpc) is 2.47. The lowest BCUT2D eigenvalue weighted by Crippen LogP contribution is -1.81. The van der Waals surface area contributed by atoms with Crippen molar-refractivity contribution >= 4 is 0 Å². The molecule has 20 heavy (non-hydrogen) atoms. The van der Waals surface area contributed by atoms with E-state index in [9.17, 15) is 0 Å². The Morgan fingerprint density at radius 1 is 0.550 bits per heavy atom. The first-order valence-electron chi connectivity index (χ1n) is 9.17. The van der Waals surface area contributed by atoms with E-state index in [2.05, 4.69) is 25.7 Å². The topological polar surface area (TPSA) is 0 Å². The molecule has 0 heteroatoms. The third-order valence-electron chi connectivity index (χ3n) is 3.92. The molecule has 0 saturated carbocycles. The van der Waals surface area contributed by atoms with Crippen LogP contribution in [0, 0.1) is 0 Å². The zero-order chi connectivity index (χ0) is 14.7. The molecule has 118 valence electrons. The van der Waals surface area contributed by atoms with Crippen LogP contribution in [0.3, 0.4) is 0 Å². The zero-order valence-corrected chi connectivity index (χ0v) is 14.0. The minimum Gasteiger partial charge on any atom is -0.103 e. The summed E-state index contributed by atoms with van der Waals surface area (Å²) in [7, 11) is 0. The zero-order valence-electron chi connectivity index (χ0n) is 14.0. The van der Waals surface area contributed by atoms with Crippen LogP contribution in [0.5, 0.6) is 0 Å². The van der Waals surface area contributed by atoms with Gasteiger partial charge in [0.1, 0.15) is 0 Å². The van der Waals surface area contributed by atoms with E-state index in [1.807, 2.05) is 6.08 Å². The number of unbranched alkanes of at least 4 members (excludes halogenated alkanes) is 13. The van der Waals surface area contributed by atoms with Crippen molar-refractivity contribution in [2.75, 3.05) is 0 Å². The van der Waals surface area contributed by atoms with Crippen LogP contribution < -0.4 is 0 Å². The van der Waals surface area contributed by atoms with Gasteiger partial charge in [0.25, 0.3) is 0 Å². The van der Waals surface area contributed by atoms with Gasteiger partial charge in [-0.2, -0.15) is 0 Å². The van der Waals surface area contributed by atoms with Gasteiger partial charge in [-0.15, -0.1) is 6.58 Å². The number of hydrogen-bond donors (Lipinski definition) is 0. The summed E-state index contributed by atoms with van der Waals surface area (Å²) in [6, 6.07) is 0. The molecule has 0 aliphatic carbocycles. The average molecular weight is 279 g/mol. The minimum absolute atomic E-state index is 1.20. The summed E-state index contributed by atoms with van der Waals surface area (Å²) >= 11 is 0. The first kappa shape index (κ1) is 19.5. The van der Waals surface area contributed by atoms with Crippen molar-refractivity contribution in [1.82, 2.24) is 0 Å². The van der Waals surface area contributed by atoms with E-state index in [0.29, 0.717) is 0 Å². The summed E-state index contributed by atoms with van der Waals surface area (Å²) in [4.78, 5) is 0. The monoisotopic (exact) mass is 278 g/mol. The van der Waals surface area contributed by atoms with E-state index < -0.39 is 0 Å². The lowest BCUT2D eigenvalue weighted by atomic mass is 10.1. The van der Waals surface area contributed by atoms with E-state index in [1.54, 1.807) is 0 Å². The van der Waals surface area contributed by atoms with Crippen molar-refractivity contribution < 1.29 is 0 Å². The number of allylic oxidation sites excluding steroid dienone is 3. The Bertz CT molecular complexity index is 202. The van der Waals surface area contributed by atoms with E-state index in [4.69, 9.17) is 0 Å². The predicted molar refractivity (Wildman–Crippen MR) is 94.3 cm³/mol. The van der Waals surface area contributed by atoms with Crippen molar-refractivity contribution in [3.05, 3.63) is 24.8 Å². The number of hydrogen-bond acceptors (Lipinski definition) is 0. The fraction of sp³-hybridized carbons (Fsp3) is 0.800. The molecule has 0 N–H and O–H groups in total. The Hall–Kier alpha value is -0.520. The minimum atomic E-state index is 1.20.